The quantitative estimate of drug-likeness (QED) is 0.863. The SMILES string of the molecule is CNCC1(C(N)c2cc(Cl)c(OC)cc2C)CC1. The number of hydrogen-bond donors (Lipinski definition) is 2. The van der Waals surface area contributed by atoms with Crippen molar-refractivity contribution < 1.29 is 4.74 Å². The van der Waals surface area contributed by atoms with Crippen molar-refractivity contribution in [3.8, 4) is 5.75 Å². The Balaban J connectivity index is 2.31. The number of benzene rings is 1. The molecular formula is C14H21ClN2O. The number of aryl methyl sites for hydroxylation is 1. The van der Waals surface area contributed by atoms with Gasteiger partial charge in [-0.15, -0.1) is 0 Å². The van der Waals surface area contributed by atoms with Crippen LogP contribution < -0.4 is 15.8 Å². The molecule has 18 heavy (non-hydrogen) atoms. The van der Waals surface area contributed by atoms with E-state index < -0.39 is 0 Å². The van der Waals surface area contributed by atoms with Gasteiger partial charge < -0.3 is 15.8 Å². The monoisotopic (exact) mass is 268 g/mol. The Kier molecular flexibility index (Phi) is 3.85. The van der Waals surface area contributed by atoms with Crippen LogP contribution in [0.2, 0.25) is 5.02 Å². The summed E-state index contributed by atoms with van der Waals surface area (Å²) in [7, 11) is 3.60. The van der Waals surface area contributed by atoms with E-state index in [2.05, 4.69) is 12.2 Å². The number of rotatable bonds is 5. The number of halogens is 1. The van der Waals surface area contributed by atoms with Gasteiger partial charge in [-0.05, 0) is 50.1 Å². The van der Waals surface area contributed by atoms with E-state index in [1.807, 2.05) is 19.2 Å². The van der Waals surface area contributed by atoms with E-state index in [4.69, 9.17) is 22.1 Å². The molecule has 0 saturated heterocycles. The molecule has 1 unspecified atom stereocenters. The van der Waals surface area contributed by atoms with Gasteiger partial charge in [-0.1, -0.05) is 11.6 Å². The number of methoxy groups -OCH3 is 1. The van der Waals surface area contributed by atoms with E-state index in [9.17, 15) is 0 Å². The van der Waals surface area contributed by atoms with Crippen molar-refractivity contribution in [2.45, 2.75) is 25.8 Å². The van der Waals surface area contributed by atoms with Crippen molar-refractivity contribution in [1.82, 2.24) is 5.32 Å². The van der Waals surface area contributed by atoms with Crippen LogP contribution in [0.1, 0.15) is 30.0 Å². The predicted molar refractivity (Wildman–Crippen MR) is 75.3 cm³/mol. The minimum atomic E-state index is 0.0355. The Hall–Kier alpha value is -0.770. The second-order valence-corrected chi connectivity index (χ2v) is 5.62. The lowest BCUT2D eigenvalue weighted by Crippen LogP contribution is -2.31. The van der Waals surface area contributed by atoms with E-state index in [0.717, 1.165) is 17.7 Å². The van der Waals surface area contributed by atoms with Crippen LogP contribution >= 0.6 is 11.6 Å². The molecule has 1 saturated carbocycles. The van der Waals surface area contributed by atoms with Crippen molar-refractivity contribution in [2.75, 3.05) is 20.7 Å². The van der Waals surface area contributed by atoms with Crippen LogP contribution in [0, 0.1) is 12.3 Å². The van der Waals surface area contributed by atoms with Gasteiger partial charge in [0.15, 0.2) is 0 Å². The van der Waals surface area contributed by atoms with E-state index >= 15 is 0 Å². The fourth-order valence-electron chi connectivity index (χ4n) is 2.60. The highest BCUT2D eigenvalue weighted by Crippen LogP contribution is 2.54. The first-order chi connectivity index (χ1) is 8.54. The Bertz CT molecular complexity index is 444. The van der Waals surface area contributed by atoms with Gasteiger partial charge in [0.1, 0.15) is 5.75 Å². The molecular weight excluding hydrogens is 248 g/mol. The maximum absolute atomic E-state index is 6.44. The minimum Gasteiger partial charge on any atom is -0.495 e. The zero-order valence-corrected chi connectivity index (χ0v) is 12.0. The molecule has 0 heterocycles. The highest BCUT2D eigenvalue weighted by molar-refractivity contribution is 6.32. The molecule has 100 valence electrons. The number of ether oxygens (including phenoxy) is 1. The van der Waals surface area contributed by atoms with Gasteiger partial charge in [0.2, 0.25) is 0 Å². The van der Waals surface area contributed by atoms with E-state index in [-0.39, 0.29) is 11.5 Å². The molecule has 3 nitrogen and oxygen atoms in total. The van der Waals surface area contributed by atoms with Crippen LogP contribution in [-0.2, 0) is 0 Å². The van der Waals surface area contributed by atoms with Gasteiger partial charge in [0, 0.05) is 18.0 Å². The van der Waals surface area contributed by atoms with Crippen LogP contribution in [0.4, 0.5) is 0 Å². The summed E-state index contributed by atoms with van der Waals surface area (Å²) < 4.78 is 5.22. The summed E-state index contributed by atoms with van der Waals surface area (Å²) in [5.41, 5.74) is 8.93. The standard InChI is InChI=1S/C14H21ClN2O/c1-9-6-12(18-3)11(15)7-10(9)13(16)14(4-5-14)8-17-2/h6-7,13,17H,4-5,8,16H2,1-3H3. The molecule has 0 amide bonds. The maximum atomic E-state index is 6.44. The van der Waals surface area contributed by atoms with Gasteiger partial charge in [-0.2, -0.15) is 0 Å². The van der Waals surface area contributed by atoms with Crippen LogP contribution in [0.5, 0.6) is 5.75 Å². The molecule has 1 aromatic rings. The second kappa shape index (κ2) is 5.08. The third-order valence-electron chi connectivity index (χ3n) is 3.96. The molecule has 0 radical (unpaired) electrons. The minimum absolute atomic E-state index is 0.0355. The van der Waals surface area contributed by atoms with Crippen LogP contribution in [0.3, 0.4) is 0 Å². The largest absolute Gasteiger partial charge is 0.495 e. The molecule has 2 rings (SSSR count). The van der Waals surface area contributed by atoms with Gasteiger partial charge in [-0.25, -0.2) is 0 Å². The molecule has 1 atom stereocenters. The van der Waals surface area contributed by atoms with Gasteiger partial charge >= 0.3 is 0 Å². The lowest BCUT2D eigenvalue weighted by molar-refractivity contribution is 0.389. The third-order valence-corrected chi connectivity index (χ3v) is 4.25. The highest BCUT2D eigenvalue weighted by atomic mass is 35.5. The van der Waals surface area contributed by atoms with Crippen molar-refractivity contribution in [1.29, 1.82) is 0 Å². The highest BCUT2D eigenvalue weighted by Gasteiger charge is 2.48. The maximum Gasteiger partial charge on any atom is 0.137 e. The summed E-state index contributed by atoms with van der Waals surface area (Å²) in [5, 5.41) is 3.87. The molecule has 1 aliphatic rings. The molecule has 0 aromatic heterocycles. The van der Waals surface area contributed by atoms with Crippen LogP contribution in [0.25, 0.3) is 0 Å². The van der Waals surface area contributed by atoms with Crippen molar-refractivity contribution in [3.63, 3.8) is 0 Å². The summed E-state index contributed by atoms with van der Waals surface area (Å²) >= 11 is 6.20. The van der Waals surface area contributed by atoms with Crippen LogP contribution in [-0.4, -0.2) is 20.7 Å². The Morgan fingerprint density at radius 1 is 1.50 bits per heavy atom. The normalized spacial score (nSPS) is 18.5. The summed E-state index contributed by atoms with van der Waals surface area (Å²) in [4.78, 5) is 0. The molecule has 1 aromatic carbocycles. The molecule has 1 fully saturated rings. The summed E-state index contributed by atoms with van der Waals surface area (Å²) in [6.45, 7) is 3.01. The Morgan fingerprint density at radius 3 is 2.67 bits per heavy atom. The molecule has 1 aliphatic carbocycles. The lowest BCUT2D eigenvalue weighted by Gasteiger charge is -2.25. The first-order valence-corrected chi connectivity index (χ1v) is 6.66. The zero-order valence-electron chi connectivity index (χ0n) is 11.2. The third kappa shape index (κ3) is 2.35. The topological polar surface area (TPSA) is 47.3 Å². The fraction of sp³-hybridized carbons (Fsp3) is 0.571. The smallest absolute Gasteiger partial charge is 0.137 e. The Morgan fingerprint density at radius 2 is 2.17 bits per heavy atom. The van der Waals surface area contributed by atoms with Crippen molar-refractivity contribution >= 4 is 11.6 Å². The van der Waals surface area contributed by atoms with Crippen LogP contribution in [0.15, 0.2) is 12.1 Å². The Labute approximate surface area is 114 Å². The average molecular weight is 269 g/mol. The predicted octanol–water partition coefficient (Wildman–Crippen LogP) is 2.66. The van der Waals surface area contributed by atoms with Gasteiger partial charge in [0.05, 0.1) is 12.1 Å². The fourth-order valence-corrected chi connectivity index (χ4v) is 2.85. The molecule has 0 spiro atoms. The molecule has 0 bridgehead atoms. The molecule has 0 aliphatic heterocycles. The number of nitrogens with two attached hydrogens (primary N) is 1. The van der Waals surface area contributed by atoms with Crippen molar-refractivity contribution in [3.05, 3.63) is 28.3 Å². The van der Waals surface area contributed by atoms with Gasteiger partial charge in [0.25, 0.3) is 0 Å². The van der Waals surface area contributed by atoms with Gasteiger partial charge in [-0.3, -0.25) is 0 Å². The van der Waals surface area contributed by atoms with Crippen molar-refractivity contribution in [2.24, 2.45) is 11.1 Å². The zero-order chi connectivity index (χ0) is 13.3. The average Bonchev–Trinajstić information content (AvgIpc) is 3.12. The lowest BCUT2D eigenvalue weighted by atomic mass is 9.88. The molecule has 3 N–H and O–H groups in total. The van der Waals surface area contributed by atoms with E-state index in [0.29, 0.717) is 10.8 Å². The van der Waals surface area contributed by atoms with E-state index in [1.165, 1.54) is 12.8 Å². The first-order valence-electron chi connectivity index (χ1n) is 6.28. The summed E-state index contributed by atoms with van der Waals surface area (Å²) in [6, 6.07) is 3.96. The molecule has 4 heteroatoms. The van der Waals surface area contributed by atoms with E-state index in [1.54, 1.807) is 7.11 Å². The second-order valence-electron chi connectivity index (χ2n) is 5.21. The number of nitrogens with one attached hydrogen (secondary N) is 1. The summed E-state index contributed by atoms with van der Waals surface area (Å²) in [6.07, 6.45) is 2.36. The summed E-state index contributed by atoms with van der Waals surface area (Å²) in [5.74, 6) is 0.712. The first kappa shape index (κ1) is 13.7. The number of hydrogen-bond acceptors (Lipinski definition) is 3.